The molecule has 1 aliphatic rings. The van der Waals surface area contributed by atoms with Crippen molar-refractivity contribution in [2.75, 3.05) is 26.8 Å². The van der Waals surface area contributed by atoms with E-state index in [4.69, 9.17) is 22.1 Å². The molecule has 0 radical (unpaired) electrons. The van der Waals surface area contributed by atoms with Crippen LogP contribution in [-0.4, -0.2) is 37.7 Å². The molecular formula is C16H25ClN2O. The van der Waals surface area contributed by atoms with Crippen molar-refractivity contribution in [2.45, 2.75) is 31.8 Å². The zero-order chi connectivity index (χ0) is 14.5. The van der Waals surface area contributed by atoms with Crippen LogP contribution >= 0.6 is 11.6 Å². The molecule has 0 heterocycles. The fourth-order valence-corrected chi connectivity index (χ4v) is 3.14. The monoisotopic (exact) mass is 296 g/mol. The van der Waals surface area contributed by atoms with E-state index in [1.165, 1.54) is 12.8 Å². The molecule has 1 saturated carbocycles. The first-order valence-electron chi connectivity index (χ1n) is 7.38. The van der Waals surface area contributed by atoms with E-state index in [-0.39, 0.29) is 6.04 Å². The second-order valence-corrected chi connectivity index (χ2v) is 5.99. The number of hydrogen-bond acceptors (Lipinski definition) is 3. The summed E-state index contributed by atoms with van der Waals surface area (Å²) in [7, 11) is 1.74. The van der Waals surface area contributed by atoms with Crippen molar-refractivity contribution in [3.8, 4) is 0 Å². The van der Waals surface area contributed by atoms with E-state index in [1.807, 2.05) is 18.2 Å². The maximum atomic E-state index is 6.36. The van der Waals surface area contributed by atoms with E-state index in [1.54, 1.807) is 7.11 Å². The van der Waals surface area contributed by atoms with E-state index in [0.29, 0.717) is 12.6 Å². The van der Waals surface area contributed by atoms with Crippen LogP contribution in [-0.2, 0) is 4.74 Å². The first-order chi connectivity index (χ1) is 9.69. The van der Waals surface area contributed by atoms with E-state index < -0.39 is 0 Å². The van der Waals surface area contributed by atoms with Crippen molar-refractivity contribution in [1.29, 1.82) is 0 Å². The van der Waals surface area contributed by atoms with Gasteiger partial charge in [0.15, 0.2) is 0 Å². The average Bonchev–Trinajstić information content (AvgIpc) is 3.28. The van der Waals surface area contributed by atoms with Gasteiger partial charge in [0.25, 0.3) is 0 Å². The normalized spacial score (nSPS) is 18.2. The van der Waals surface area contributed by atoms with Crippen LogP contribution in [0, 0.1) is 5.92 Å². The molecule has 0 aromatic heterocycles. The molecule has 0 aliphatic heterocycles. The molecule has 3 nitrogen and oxygen atoms in total. The Morgan fingerprint density at radius 1 is 1.40 bits per heavy atom. The van der Waals surface area contributed by atoms with Crippen molar-refractivity contribution in [2.24, 2.45) is 11.7 Å². The zero-order valence-electron chi connectivity index (χ0n) is 12.4. The Bertz CT molecular complexity index is 423. The Balaban J connectivity index is 2.21. The van der Waals surface area contributed by atoms with Crippen molar-refractivity contribution in [3.05, 3.63) is 34.9 Å². The van der Waals surface area contributed by atoms with Gasteiger partial charge in [-0.2, -0.15) is 0 Å². The number of nitrogens with two attached hydrogens (primary N) is 1. The van der Waals surface area contributed by atoms with Crippen LogP contribution in [0.1, 0.15) is 31.4 Å². The molecule has 0 saturated heterocycles. The highest BCUT2D eigenvalue weighted by molar-refractivity contribution is 6.31. The summed E-state index contributed by atoms with van der Waals surface area (Å²) >= 11 is 6.36. The number of nitrogens with zero attached hydrogens (tertiary/aromatic N) is 1. The lowest BCUT2D eigenvalue weighted by Crippen LogP contribution is -2.43. The number of halogens is 1. The highest BCUT2D eigenvalue weighted by Gasteiger charge is 2.35. The molecule has 1 aromatic rings. The first kappa shape index (κ1) is 15.8. The highest BCUT2D eigenvalue weighted by Crippen LogP contribution is 2.38. The van der Waals surface area contributed by atoms with Gasteiger partial charge in [0.05, 0.1) is 6.61 Å². The number of hydrogen-bond donors (Lipinski definition) is 1. The van der Waals surface area contributed by atoms with Gasteiger partial charge in [-0.05, 0) is 37.3 Å². The van der Waals surface area contributed by atoms with Crippen LogP contribution < -0.4 is 5.73 Å². The largest absolute Gasteiger partial charge is 0.383 e. The summed E-state index contributed by atoms with van der Waals surface area (Å²) in [5.74, 6) is 0.795. The van der Waals surface area contributed by atoms with Crippen molar-refractivity contribution < 1.29 is 4.74 Å². The summed E-state index contributed by atoms with van der Waals surface area (Å²) in [6.07, 6.45) is 2.65. The summed E-state index contributed by atoms with van der Waals surface area (Å²) in [6.45, 7) is 4.48. The smallest absolute Gasteiger partial charge is 0.0590 e. The lowest BCUT2D eigenvalue weighted by Gasteiger charge is -2.36. The lowest BCUT2D eigenvalue weighted by atomic mass is 10.0. The van der Waals surface area contributed by atoms with Gasteiger partial charge >= 0.3 is 0 Å². The summed E-state index contributed by atoms with van der Waals surface area (Å²) in [6, 6.07) is 8.70. The Hall–Kier alpha value is -0.610. The topological polar surface area (TPSA) is 38.5 Å². The summed E-state index contributed by atoms with van der Waals surface area (Å²) < 4.78 is 5.27. The number of ether oxygens (including phenoxy) is 1. The minimum atomic E-state index is 0.162. The molecule has 2 rings (SSSR count). The predicted octanol–water partition coefficient (Wildman–Crippen LogP) is 3.09. The van der Waals surface area contributed by atoms with Crippen LogP contribution in [0.3, 0.4) is 0 Å². The SMILES string of the molecule is COCCN(C(CN)c1ccccc1Cl)C(C)C1CC1. The Labute approximate surface area is 127 Å². The van der Waals surface area contributed by atoms with Crippen LogP contribution in [0.4, 0.5) is 0 Å². The van der Waals surface area contributed by atoms with Crippen molar-refractivity contribution in [3.63, 3.8) is 0 Å². The fourth-order valence-electron chi connectivity index (χ4n) is 2.88. The summed E-state index contributed by atoms with van der Waals surface area (Å²) in [5, 5.41) is 0.799. The predicted molar refractivity (Wildman–Crippen MR) is 84.0 cm³/mol. The summed E-state index contributed by atoms with van der Waals surface area (Å²) in [5.41, 5.74) is 7.19. The quantitative estimate of drug-likeness (QED) is 0.801. The van der Waals surface area contributed by atoms with E-state index in [2.05, 4.69) is 17.9 Å². The summed E-state index contributed by atoms with van der Waals surface area (Å²) in [4.78, 5) is 2.46. The second-order valence-electron chi connectivity index (χ2n) is 5.58. The molecule has 0 bridgehead atoms. The van der Waals surface area contributed by atoms with Crippen LogP contribution in [0.15, 0.2) is 24.3 Å². The first-order valence-corrected chi connectivity index (χ1v) is 7.76. The van der Waals surface area contributed by atoms with Crippen molar-refractivity contribution in [1.82, 2.24) is 4.90 Å². The minimum absolute atomic E-state index is 0.162. The Morgan fingerprint density at radius 3 is 2.65 bits per heavy atom. The van der Waals surface area contributed by atoms with E-state index >= 15 is 0 Å². The number of methoxy groups -OCH3 is 1. The number of benzene rings is 1. The van der Waals surface area contributed by atoms with Crippen LogP contribution in [0.5, 0.6) is 0 Å². The van der Waals surface area contributed by atoms with E-state index in [0.717, 1.165) is 29.7 Å². The molecule has 20 heavy (non-hydrogen) atoms. The second kappa shape index (κ2) is 7.41. The van der Waals surface area contributed by atoms with Gasteiger partial charge in [-0.3, -0.25) is 4.90 Å². The van der Waals surface area contributed by atoms with Gasteiger partial charge in [0.1, 0.15) is 0 Å². The molecule has 112 valence electrons. The third-order valence-corrected chi connectivity index (χ3v) is 4.61. The molecule has 0 amide bonds. The van der Waals surface area contributed by atoms with Crippen molar-refractivity contribution >= 4 is 11.6 Å². The molecule has 2 unspecified atom stereocenters. The van der Waals surface area contributed by atoms with Crippen LogP contribution in [0.2, 0.25) is 5.02 Å². The Kier molecular flexibility index (Phi) is 5.85. The lowest BCUT2D eigenvalue weighted by molar-refractivity contribution is 0.0835. The third kappa shape index (κ3) is 3.73. The van der Waals surface area contributed by atoms with Gasteiger partial charge < -0.3 is 10.5 Å². The molecule has 0 spiro atoms. The molecule has 1 aliphatic carbocycles. The fraction of sp³-hybridized carbons (Fsp3) is 0.625. The highest BCUT2D eigenvalue weighted by atomic mass is 35.5. The standard InChI is InChI=1S/C16H25ClN2O/c1-12(13-7-8-13)19(9-10-20-2)16(11-18)14-5-3-4-6-15(14)17/h3-6,12-13,16H,7-11,18H2,1-2H3. The molecule has 2 N–H and O–H groups in total. The Morgan fingerprint density at radius 2 is 2.10 bits per heavy atom. The van der Waals surface area contributed by atoms with Crippen LogP contribution in [0.25, 0.3) is 0 Å². The van der Waals surface area contributed by atoms with Gasteiger partial charge in [0, 0.05) is 37.3 Å². The van der Waals surface area contributed by atoms with Gasteiger partial charge in [-0.1, -0.05) is 29.8 Å². The molecule has 2 atom stereocenters. The van der Waals surface area contributed by atoms with Gasteiger partial charge in [-0.15, -0.1) is 0 Å². The molecule has 4 heteroatoms. The minimum Gasteiger partial charge on any atom is -0.383 e. The zero-order valence-corrected chi connectivity index (χ0v) is 13.1. The molecule has 1 fully saturated rings. The molecule has 1 aromatic carbocycles. The number of rotatable bonds is 8. The third-order valence-electron chi connectivity index (χ3n) is 4.27. The van der Waals surface area contributed by atoms with Gasteiger partial charge in [0.2, 0.25) is 0 Å². The van der Waals surface area contributed by atoms with Gasteiger partial charge in [-0.25, -0.2) is 0 Å². The van der Waals surface area contributed by atoms with E-state index in [9.17, 15) is 0 Å². The maximum absolute atomic E-state index is 6.36. The maximum Gasteiger partial charge on any atom is 0.0590 e. The molecular weight excluding hydrogens is 272 g/mol. The average molecular weight is 297 g/mol.